The van der Waals surface area contributed by atoms with Crippen molar-refractivity contribution in [3.05, 3.63) is 28.0 Å². The maximum Gasteiger partial charge on any atom is 0.265 e. The zero-order chi connectivity index (χ0) is 11.4. The summed E-state index contributed by atoms with van der Waals surface area (Å²) in [5.41, 5.74) is 0.00514. The van der Waals surface area contributed by atoms with Gasteiger partial charge in [0.1, 0.15) is 0 Å². The van der Waals surface area contributed by atoms with Crippen molar-refractivity contribution < 1.29 is 8.78 Å². The van der Waals surface area contributed by atoms with Crippen molar-refractivity contribution in [2.75, 3.05) is 0 Å². The van der Waals surface area contributed by atoms with Gasteiger partial charge in [-0.05, 0) is 5.56 Å². The number of halogens is 4. The Morgan fingerprint density at radius 3 is 2.67 bits per heavy atom. The zero-order valence-corrected chi connectivity index (χ0v) is 8.99. The minimum atomic E-state index is -2.73. The fraction of sp³-hybridized carbons (Fsp3) is 0.333. The van der Waals surface area contributed by atoms with Crippen LogP contribution < -0.4 is 0 Å². The van der Waals surface area contributed by atoms with Gasteiger partial charge >= 0.3 is 0 Å². The summed E-state index contributed by atoms with van der Waals surface area (Å²) in [6.07, 6.45) is -1.66. The van der Waals surface area contributed by atoms with Crippen LogP contribution in [-0.4, -0.2) is 4.98 Å². The molecular weight excluding hydrogens is 245 g/mol. The van der Waals surface area contributed by atoms with Gasteiger partial charge < -0.3 is 0 Å². The first-order valence-electron chi connectivity index (χ1n) is 3.99. The van der Waals surface area contributed by atoms with E-state index in [1.54, 1.807) is 6.07 Å². The molecule has 0 N–H and O–H groups in total. The fourth-order valence-corrected chi connectivity index (χ4v) is 1.72. The van der Waals surface area contributed by atoms with Crippen molar-refractivity contribution in [1.29, 1.82) is 5.26 Å². The Hall–Kier alpha value is -0.920. The Morgan fingerprint density at radius 1 is 1.53 bits per heavy atom. The van der Waals surface area contributed by atoms with Crippen LogP contribution in [0.2, 0.25) is 5.02 Å². The van der Waals surface area contributed by atoms with Gasteiger partial charge in [0, 0.05) is 11.8 Å². The SMILES string of the molecule is N#CCc1cnc(CCl)c(Cl)c1C(F)F. The van der Waals surface area contributed by atoms with Gasteiger partial charge in [-0.15, -0.1) is 11.6 Å². The molecule has 0 aliphatic heterocycles. The number of hydrogen-bond donors (Lipinski definition) is 0. The summed E-state index contributed by atoms with van der Waals surface area (Å²) in [5.74, 6) is -0.0363. The summed E-state index contributed by atoms with van der Waals surface area (Å²) < 4.78 is 25.3. The summed E-state index contributed by atoms with van der Waals surface area (Å²) >= 11 is 11.2. The van der Waals surface area contributed by atoms with E-state index in [2.05, 4.69) is 4.98 Å². The summed E-state index contributed by atoms with van der Waals surface area (Å²) in [6, 6.07) is 1.78. The lowest BCUT2D eigenvalue weighted by molar-refractivity contribution is 0.150. The Kier molecular flexibility index (Phi) is 4.25. The average Bonchev–Trinajstić information content (AvgIpc) is 2.18. The van der Waals surface area contributed by atoms with Gasteiger partial charge in [-0.2, -0.15) is 5.26 Å². The standard InChI is InChI=1S/C9H6Cl2F2N2/c10-3-6-8(11)7(9(12)13)5(1-2-14)4-15-6/h4,9H,1,3H2. The predicted molar refractivity (Wildman–Crippen MR) is 53.1 cm³/mol. The van der Waals surface area contributed by atoms with E-state index in [1.165, 1.54) is 6.20 Å². The molecule has 0 spiro atoms. The molecule has 0 atom stereocenters. The highest BCUT2D eigenvalue weighted by atomic mass is 35.5. The van der Waals surface area contributed by atoms with Crippen molar-refractivity contribution in [2.45, 2.75) is 18.7 Å². The van der Waals surface area contributed by atoms with E-state index < -0.39 is 6.43 Å². The third kappa shape index (κ3) is 2.55. The maximum atomic E-state index is 12.7. The summed E-state index contributed by atoms with van der Waals surface area (Å²) in [4.78, 5) is 3.81. The molecule has 2 nitrogen and oxygen atoms in total. The Bertz CT molecular complexity index is 402. The first kappa shape index (κ1) is 12.2. The van der Waals surface area contributed by atoms with Gasteiger partial charge in [0.2, 0.25) is 0 Å². The van der Waals surface area contributed by atoms with Crippen LogP contribution in [0.3, 0.4) is 0 Å². The van der Waals surface area contributed by atoms with Crippen molar-refractivity contribution >= 4 is 23.2 Å². The molecule has 0 fully saturated rings. The van der Waals surface area contributed by atoms with Crippen molar-refractivity contribution in [1.82, 2.24) is 4.98 Å². The third-order valence-corrected chi connectivity index (χ3v) is 2.50. The number of hydrogen-bond acceptors (Lipinski definition) is 2. The smallest absolute Gasteiger partial charge is 0.258 e. The predicted octanol–water partition coefficient (Wildman–Crippen LogP) is 3.48. The van der Waals surface area contributed by atoms with Gasteiger partial charge in [-0.25, -0.2) is 8.78 Å². The topological polar surface area (TPSA) is 36.7 Å². The molecule has 0 aromatic carbocycles. The monoisotopic (exact) mass is 250 g/mol. The van der Waals surface area contributed by atoms with E-state index >= 15 is 0 Å². The fourth-order valence-electron chi connectivity index (χ4n) is 1.13. The molecule has 6 heteroatoms. The van der Waals surface area contributed by atoms with Crippen LogP contribution in [0.5, 0.6) is 0 Å². The molecule has 0 amide bonds. The first-order chi connectivity index (χ1) is 7.11. The lowest BCUT2D eigenvalue weighted by Crippen LogP contribution is -2.00. The molecule has 1 aromatic heterocycles. The van der Waals surface area contributed by atoms with Crippen molar-refractivity contribution in [2.24, 2.45) is 0 Å². The molecule has 0 aliphatic rings. The van der Waals surface area contributed by atoms with Gasteiger partial charge in [-0.3, -0.25) is 4.98 Å². The summed E-state index contributed by atoms with van der Waals surface area (Å²) in [5, 5.41) is 8.31. The van der Waals surface area contributed by atoms with Crippen molar-refractivity contribution in [3.63, 3.8) is 0 Å². The molecule has 0 aliphatic carbocycles. The molecule has 15 heavy (non-hydrogen) atoms. The number of rotatable bonds is 3. The minimum Gasteiger partial charge on any atom is -0.258 e. The molecule has 1 rings (SSSR count). The van der Waals surface area contributed by atoms with Crippen LogP contribution in [0.15, 0.2) is 6.20 Å². The van der Waals surface area contributed by atoms with Crippen molar-refractivity contribution in [3.8, 4) is 6.07 Å². The largest absolute Gasteiger partial charge is 0.265 e. The molecule has 0 bridgehead atoms. The second-order valence-corrected chi connectivity index (χ2v) is 3.37. The summed E-state index contributed by atoms with van der Waals surface area (Å²) in [7, 11) is 0. The second-order valence-electron chi connectivity index (χ2n) is 2.73. The lowest BCUT2D eigenvalue weighted by atomic mass is 10.1. The van der Waals surface area contributed by atoms with Crippen LogP contribution in [0, 0.1) is 11.3 Å². The van der Waals surface area contributed by atoms with Crippen LogP contribution in [0.25, 0.3) is 0 Å². The van der Waals surface area contributed by atoms with Gasteiger partial charge in [-0.1, -0.05) is 11.6 Å². The van der Waals surface area contributed by atoms with Crippen LogP contribution >= 0.6 is 23.2 Å². The highest BCUT2D eigenvalue weighted by Gasteiger charge is 2.20. The lowest BCUT2D eigenvalue weighted by Gasteiger charge is -2.10. The quantitative estimate of drug-likeness (QED) is 0.771. The van der Waals surface area contributed by atoms with Gasteiger partial charge in [0.05, 0.1) is 29.1 Å². The highest BCUT2D eigenvalue weighted by Crippen LogP contribution is 2.32. The molecule has 80 valence electrons. The van der Waals surface area contributed by atoms with E-state index in [9.17, 15) is 8.78 Å². The Morgan fingerprint density at radius 2 is 2.20 bits per heavy atom. The number of aromatic nitrogens is 1. The van der Waals surface area contributed by atoms with Gasteiger partial charge in [0.15, 0.2) is 0 Å². The average molecular weight is 251 g/mol. The third-order valence-electron chi connectivity index (χ3n) is 1.83. The molecule has 0 saturated carbocycles. The van der Waals surface area contributed by atoms with Crippen LogP contribution in [0.4, 0.5) is 8.78 Å². The number of nitriles is 1. The molecule has 0 saturated heterocycles. The number of alkyl halides is 3. The van der Waals surface area contributed by atoms with Crippen LogP contribution in [-0.2, 0) is 12.3 Å². The Balaban J connectivity index is 3.32. The van der Waals surface area contributed by atoms with E-state index in [0.29, 0.717) is 0 Å². The van der Waals surface area contributed by atoms with E-state index in [-0.39, 0.29) is 34.1 Å². The summed E-state index contributed by atoms with van der Waals surface area (Å²) in [6.45, 7) is 0. The molecule has 1 aromatic rings. The van der Waals surface area contributed by atoms with E-state index in [0.717, 1.165) is 0 Å². The molecular formula is C9H6Cl2F2N2. The van der Waals surface area contributed by atoms with Gasteiger partial charge in [0.25, 0.3) is 6.43 Å². The first-order valence-corrected chi connectivity index (χ1v) is 4.90. The molecule has 0 unspecified atom stereocenters. The second kappa shape index (κ2) is 5.24. The van der Waals surface area contributed by atoms with Crippen LogP contribution in [0.1, 0.15) is 23.2 Å². The van der Waals surface area contributed by atoms with E-state index in [1.807, 2.05) is 0 Å². The molecule has 1 heterocycles. The number of pyridine rings is 1. The maximum absolute atomic E-state index is 12.7. The number of nitrogens with zero attached hydrogens (tertiary/aromatic N) is 2. The zero-order valence-electron chi connectivity index (χ0n) is 7.48. The highest BCUT2D eigenvalue weighted by molar-refractivity contribution is 6.32. The van der Waals surface area contributed by atoms with E-state index in [4.69, 9.17) is 28.5 Å². The minimum absolute atomic E-state index is 0.0363. The Labute approximate surface area is 95.4 Å². The molecule has 0 radical (unpaired) electrons. The normalized spacial score (nSPS) is 10.4.